The van der Waals surface area contributed by atoms with Crippen molar-refractivity contribution in [2.75, 3.05) is 26.2 Å². The van der Waals surface area contributed by atoms with Crippen molar-refractivity contribution < 1.29 is 17.6 Å². The first kappa shape index (κ1) is 13.5. The third-order valence-electron chi connectivity index (χ3n) is 3.59. The van der Waals surface area contributed by atoms with Crippen LogP contribution in [-0.4, -0.2) is 31.1 Å². The molecule has 0 saturated carbocycles. The third kappa shape index (κ3) is 2.66. The number of alkyl halides is 3. The van der Waals surface area contributed by atoms with E-state index >= 15 is 0 Å². The summed E-state index contributed by atoms with van der Waals surface area (Å²) in [5.41, 5.74) is 0.564. The van der Waals surface area contributed by atoms with E-state index in [1.165, 1.54) is 6.07 Å². The van der Waals surface area contributed by atoms with Gasteiger partial charge in [0.1, 0.15) is 5.58 Å². The van der Waals surface area contributed by atoms with E-state index in [9.17, 15) is 13.2 Å². The Morgan fingerprint density at radius 3 is 2.65 bits per heavy atom. The molecular weight excluding hydrogens is 269 g/mol. The molecule has 20 heavy (non-hydrogen) atoms. The van der Waals surface area contributed by atoms with Crippen LogP contribution in [0, 0.1) is 0 Å². The van der Waals surface area contributed by atoms with Gasteiger partial charge < -0.3 is 9.73 Å². The molecule has 1 saturated heterocycles. The molecule has 2 aromatic rings. The Balaban J connectivity index is 1.86. The van der Waals surface area contributed by atoms with Crippen molar-refractivity contribution in [1.82, 2.24) is 10.2 Å². The van der Waals surface area contributed by atoms with Crippen LogP contribution in [0.3, 0.4) is 0 Å². The summed E-state index contributed by atoms with van der Waals surface area (Å²) in [6.07, 6.45) is -2.77. The van der Waals surface area contributed by atoms with Crippen LogP contribution in [0.1, 0.15) is 11.1 Å². The molecule has 1 aromatic carbocycles. The first-order valence-electron chi connectivity index (χ1n) is 6.54. The number of fused-ring (bicyclic) bond motifs is 1. The van der Waals surface area contributed by atoms with E-state index in [0.717, 1.165) is 49.3 Å². The fourth-order valence-electron chi connectivity index (χ4n) is 2.49. The van der Waals surface area contributed by atoms with Crippen molar-refractivity contribution in [1.29, 1.82) is 0 Å². The summed E-state index contributed by atoms with van der Waals surface area (Å²) in [6, 6.07) is 3.68. The fourth-order valence-corrected chi connectivity index (χ4v) is 2.49. The number of piperazine rings is 1. The lowest BCUT2D eigenvalue weighted by Crippen LogP contribution is -2.42. The van der Waals surface area contributed by atoms with Gasteiger partial charge in [-0.15, -0.1) is 0 Å². The molecule has 1 fully saturated rings. The number of nitrogens with zero attached hydrogens (tertiary/aromatic N) is 1. The molecule has 0 spiro atoms. The van der Waals surface area contributed by atoms with Crippen LogP contribution in [0.4, 0.5) is 13.2 Å². The van der Waals surface area contributed by atoms with Gasteiger partial charge in [-0.1, -0.05) is 6.07 Å². The molecule has 3 rings (SSSR count). The monoisotopic (exact) mass is 284 g/mol. The van der Waals surface area contributed by atoms with Crippen molar-refractivity contribution in [2.45, 2.75) is 12.7 Å². The predicted molar refractivity (Wildman–Crippen MR) is 69.4 cm³/mol. The van der Waals surface area contributed by atoms with Gasteiger partial charge in [-0.25, -0.2) is 0 Å². The van der Waals surface area contributed by atoms with Crippen LogP contribution < -0.4 is 5.32 Å². The maximum Gasteiger partial charge on any atom is 0.416 e. The Labute approximate surface area is 114 Å². The number of rotatable bonds is 2. The van der Waals surface area contributed by atoms with Crippen molar-refractivity contribution in [2.24, 2.45) is 0 Å². The zero-order valence-electron chi connectivity index (χ0n) is 10.8. The van der Waals surface area contributed by atoms with E-state index in [4.69, 9.17) is 4.42 Å². The van der Waals surface area contributed by atoms with E-state index in [2.05, 4.69) is 10.2 Å². The van der Waals surface area contributed by atoms with Crippen LogP contribution in [0.25, 0.3) is 11.0 Å². The lowest BCUT2D eigenvalue weighted by atomic mass is 10.1. The van der Waals surface area contributed by atoms with Gasteiger partial charge in [0.25, 0.3) is 0 Å². The van der Waals surface area contributed by atoms with Gasteiger partial charge in [0.2, 0.25) is 0 Å². The quantitative estimate of drug-likeness (QED) is 0.919. The molecule has 1 N–H and O–H groups in total. The maximum atomic E-state index is 12.6. The molecule has 3 nitrogen and oxygen atoms in total. The number of benzene rings is 1. The fraction of sp³-hybridized carbons (Fsp3) is 0.429. The van der Waals surface area contributed by atoms with E-state index < -0.39 is 11.7 Å². The van der Waals surface area contributed by atoms with Crippen LogP contribution in [0.5, 0.6) is 0 Å². The Kier molecular flexibility index (Phi) is 3.43. The molecule has 0 atom stereocenters. The lowest BCUT2D eigenvalue weighted by molar-refractivity contribution is -0.137. The largest absolute Gasteiger partial charge is 0.464 e. The first-order valence-corrected chi connectivity index (χ1v) is 6.54. The minimum absolute atomic E-state index is 0.296. The highest BCUT2D eigenvalue weighted by Gasteiger charge is 2.31. The minimum Gasteiger partial charge on any atom is -0.464 e. The Bertz CT molecular complexity index is 600. The zero-order valence-corrected chi connectivity index (χ0v) is 10.8. The van der Waals surface area contributed by atoms with E-state index in [-0.39, 0.29) is 0 Å². The number of nitrogens with one attached hydrogen (secondary N) is 1. The Morgan fingerprint density at radius 2 is 1.95 bits per heavy atom. The number of hydrogen-bond donors (Lipinski definition) is 1. The second-order valence-electron chi connectivity index (χ2n) is 5.00. The summed E-state index contributed by atoms with van der Waals surface area (Å²) in [5.74, 6) is 0. The standard InChI is InChI=1S/C14H15F3N2O/c15-14(16,17)11-1-2-12-10(9-20-13(12)7-11)8-19-5-3-18-4-6-19/h1-2,7,9,18H,3-6,8H2. The molecule has 0 aliphatic carbocycles. The van der Waals surface area contributed by atoms with Crippen LogP contribution in [0.15, 0.2) is 28.9 Å². The number of furan rings is 1. The molecule has 0 amide bonds. The Morgan fingerprint density at radius 1 is 1.20 bits per heavy atom. The molecule has 0 unspecified atom stereocenters. The summed E-state index contributed by atoms with van der Waals surface area (Å²) in [4.78, 5) is 2.26. The first-order chi connectivity index (χ1) is 9.54. The van der Waals surface area contributed by atoms with Gasteiger partial charge in [-0.2, -0.15) is 13.2 Å². The highest BCUT2D eigenvalue weighted by molar-refractivity contribution is 5.81. The topological polar surface area (TPSA) is 28.4 Å². The van der Waals surface area contributed by atoms with Crippen molar-refractivity contribution in [3.8, 4) is 0 Å². The smallest absolute Gasteiger partial charge is 0.416 e. The molecule has 6 heteroatoms. The number of hydrogen-bond acceptors (Lipinski definition) is 3. The minimum atomic E-state index is -4.33. The summed E-state index contributed by atoms with van der Waals surface area (Å²) < 4.78 is 43.2. The molecule has 1 aliphatic rings. The molecule has 1 aromatic heterocycles. The van der Waals surface area contributed by atoms with Gasteiger partial charge >= 0.3 is 6.18 Å². The second kappa shape index (κ2) is 5.10. The number of halogens is 3. The normalized spacial score (nSPS) is 17.8. The van der Waals surface area contributed by atoms with Gasteiger partial charge in [0.15, 0.2) is 0 Å². The van der Waals surface area contributed by atoms with Crippen molar-refractivity contribution in [3.05, 3.63) is 35.6 Å². The highest BCUT2D eigenvalue weighted by atomic mass is 19.4. The molecule has 108 valence electrons. The molecule has 1 aliphatic heterocycles. The summed E-state index contributed by atoms with van der Waals surface area (Å²) >= 11 is 0. The maximum absolute atomic E-state index is 12.6. The van der Waals surface area contributed by atoms with Crippen LogP contribution in [0.2, 0.25) is 0 Å². The Hall–Kier alpha value is -1.53. The van der Waals surface area contributed by atoms with Gasteiger partial charge in [0, 0.05) is 43.7 Å². The van der Waals surface area contributed by atoms with Crippen LogP contribution >= 0.6 is 0 Å². The van der Waals surface area contributed by atoms with E-state index in [1.54, 1.807) is 6.26 Å². The zero-order chi connectivity index (χ0) is 14.2. The highest BCUT2D eigenvalue weighted by Crippen LogP contribution is 2.33. The third-order valence-corrected chi connectivity index (χ3v) is 3.59. The molecular formula is C14H15F3N2O. The second-order valence-corrected chi connectivity index (χ2v) is 5.00. The molecule has 2 heterocycles. The average molecular weight is 284 g/mol. The lowest BCUT2D eigenvalue weighted by Gasteiger charge is -2.26. The summed E-state index contributed by atoms with van der Waals surface area (Å²) in [5, 5.41) is 4.03. The van der Waals surface area contributed by atoms with Gasteiger partial charge in [-0.05, 0) is 12.1 Å². The van der Waals surface area contributed by atoms with E-state index in [0.29, 0.717) is 12.1 Å². The average Bonchev–Trinajstić information content (AvgIpc) is 2.81. The SMILES string of the molecule is FC(F)(F)c1ccc2c(CN3CCNCC3)coc2c1. The van der Waals surface area contributed by atoms with E-state index in [1.807, 2.05) is 0 Å². The molecule has 0 bridgehead atoms. The van der Waals surface area contributed by atoms with Gasteiger partial charge in [-0.3, -0.25) is 4.90 Å². The predicted octanol–water partition coefficient (Wildman–Crippen LogP) is 2.86. The summed E-state index contributed by atoms with van der Waals surface area (Å²) in [6.45, 7) is 4.46. The van der Waals surface area contributed by atoms with Crippen molar-refractivity contribution >= 4 is 11.0 Å². The van der Waals surface area contributed by atoms with Crippen LogP contribution in [-0.2, 0) is 12.7 Å². The van der Waals surface area contributed by atoms with Gasteiger partial charge in [0.05, 0.1) is 11.8 Å². The molecule has 0 radical (unpaired) electrons. The summed E-state index contributed by atoms with van der Waals surface area (Å²) in [7, 11) is 0. The van der Waals surface area contributed by atoms with Crippen molar-refractivity contribution in [3.63, 3.8) is 0 Å².